The molecule has 0 radical (unpaired) electrons. The molecule has 0 atom stereocenters. The molecule has 0 bridgehead atoms. The van der Waals surface area contributed by atoms with E-state index in [1.165, 1.54) is 0 Å². The molecule has 1 aliphatic rings. The van der Waals surface area contributed by atoms with Crippen LogP contribution in [0.2, 0.25) is 0 Å². The molecule has 1 saturated heterocycles. The van der Waals surface area contributed by atoms with E-state index in [9.17, 15) is 8.42 Å². The zero-order valence-corrected chi connectivity index (χ0v) is 12.4. The maximum Gasteiger partial charge on any atom is 0.279 e. The van der Waals surface area contributed by atoms with Gasteiger partial charge in [0.15, 0.2) is 0 Å². The van der Waals surface area contributed by atoms with Crippen molar-refractivity contribution >= 4 is 21.8 Å². The van der Waals surface area contributed by atoms with E-state index in [0.717, 1.165) is 12.8 Å². The molecule has 0 unspecified atom stereocenters. The third-order valence-corrected chi connectivity index (χ3v) is 5.25. The van der Waals surface area contributed by atoms with Crippen molar-refractivity contribution in [2.75, 3.05) is 19.0 Å². The maximum absolute atomic E-state index is 12.2. The first kappa shape index (κ1) is 15.2. The zero-order chi connectivity index (χ0) is 13.1. The summed E-state index contributed by atoms with van der Waals surface area (Å²) >= 11 is 5.67. The van der Waals surface area contributed by atoms with Gasteiger partial charge in [-0.05, 0) is 39.0 Å². The number of rotatable bonds is 5. The van der Waals surface area contributed by atoms with Crippen LogP contribution >= 0.6 is 11.6 Å². The summed E-state index contributed by atoms with van der Waals surface area (Å²) in [5, 5.41) is 0. The third kappa shape index (κ3) is 4.73. The van der Waals surface area contributed by atoms with Crippen molar-refractivity contribution in [1.82, 2.24) is 9.03 Å². The fourth-order valence-corrected chi connectivity index (χ4v) is 4.02. The molecule has 4 nitrogen and oxygen atoms in total. The van der Waals surface area contributed by atoms with Crippen LogP contribution in [0, 0.1) is 5.92 Å². The van der Waals surface area contributed by atoms with E-state index in [0.29, 0.717) is 31.3 Å². The molecule has 0 spiro atoms. The van der Waals surface area contributed by atoms with E-state index in [2.05, 4.69) is 11.6 Å². The van der Waals surface area contributed by atoms with Crippen molar-refractivity contribution in [1.29, 1.82) is 0 Å². The van der Waals surface area contributed by atoms with Gasteiger partial charge in [0.05, 0.1) is 0 Å². The highest BCUT2D eigenvalue weighted by atomic mass is 35.5. The van der Waals surface area contributed by atoms with Gasteiger partial charge in [-0.1, -0.05) is 6.92 Å². The predicted octanol–water partition coefficient (Wildman–Crippen LogP) is 1.96. The lowest BCUT2D eigenvalue weighted by Gasteiger charge is -2.33. The molecule has 1 N–H and O–H groups in total. The molecule has 0 aliphatic carbocycles. The number of piperidine rings is 1. The molecule has 0 aromatic heterocycles. The van der Waals surface area contributed by atoms with Crippen LogP contribution < -0.4 is 4.72 Å². The van der Waals surface area contributed by atoms with Gasteiger partial charge in [0, 0.05) is 24.5 Å². The van der Waals surface area contributed by atoms with Crippen LogP contribution in [0.5, 0.6) is 0 Å². The smallest absolute Gasteiger partial charge is 0.196 e. The molecule has 1 rings (SSSR count). The Labute approximate surface area is 110 Å². The van der Waals surface area contributed by atoms with E-state index >= 15 is 0 Å². The van der Waals surface area contributed by atoms with Crippen LogP contribution in [-0.4, -0.2) is 37.2 Å². The summed E-state index contributed by atoms with van der Waals surface area (Å²) in [4.78, 5) is 0. The fraction of sp³-hybridized carbons (Fsp3) is 1.00. The van der Waals surface area contributed by atoms with E-state index in [-0.39, 0.29) is 0 Å². The van der Waals surface area contributed by atoms with Gasteiger partial charge in [-0.15, -0.1) is 11.6 Å². The molecule has 17 heavy (non-hydrogen) atoms. The van der Waals surface area contributed by atoms with Crippen LogP contribution in [0.3, 0.4) is 0 Å². The summed E-state index contributed by atoms with van der Waals surface area (Å²) in [5.41, 5.74) is -0.482. The maximum atomic E-state index is 12.2. The standard InChI is InChI=1S/C11H23ClN2O2S/c1-10-4-8-14(9-5-10)17(15,16)13-11(2,3)6-7-12/h10,13H,4-9H2,1-3H3. The van der Waals surface area contributed by atoms with Crippen molar-refractivity contribution in [3.63, 3.8) is 0 Å². The van der Waals surface area contributed by atoms with E-state index in [1.54, 1.807) is 4.31 Å². The number of nitrogens with one attached hydrogen (secondary N) is 1. The first-order chi connectivity index (χ1) is 7.77. The number of alkyl halides is 1. The molecule has 6 heteroatoms. The minimum absolute atomic E-state index is 0.451. The summed E-state index contributed by atoms with van der Waals surface area (Å²) in [6.07, 6.45) is 2.51. The van der Waals surface area contributed by atoms with E-state index < -0.39 is 15.7 Å². The van der Waals surface area contributed by atoms with Gasteiger partial charge in [-0.3, -0.25) is 0 Å². The number of hydrogen-bond donors (Lipinski definition) is 1. The Hall–Kier alpha value is 0.160. The average molecular weight is 283 g/mol. The number of nitrogens with zero attached hydrogens (tertiary/aromatic N) is 1. The van der Waals surface area contributed by atoms with Crippen molar-refractivity contribution in [2.24, 2.45) is 5.92 Å². The molecule has 0 aromatic carbocycles. The van der Waals surface area contributed by atoms with Gasteiger partial charge in [-0.25, -0.2) is 0 Å². The van der Waals surface area contributed by atoms with E-state index in [1.807, 2.05) is 13.8 Å². The Morgan fingerprint density at radius 1 is 1.35 bits per heavy atom. The normalized spacial score (nSPS) is 20.7. The third-order valence-electron chi connectivity index (χ3n) is 3.21. The lowest BCUT2D eigenvalue weighted by molar-refractivity contribution is 0.279. The minimum atomic E-state index is -3.36. The Morgan fingerprint density at radius 3 is 2.35 bits per heavy atom. The summed E-state index contributed by atoms with van der Waals surface area (Å²) in [6.45, 7) is 7.12. The Balaban J connectivity index is 2.62. The van der Waals surface area contributed by atoms with Crippen molar-refractivity contribution in [2.45, 2.75) is 45.6 Å². The Morgan fingerprint density at radius 2 is 1.88 bits per heavy atom. The zero-order valence-electron chi connectivity index (χ0n) is 10.9. The lowest BCUT2D eigenvalue weighted by atomic mass is 10.0. The monoisotopic (exact) mass is 282 g/mol. The topological polar surface area (TPSA) is 49.4 Å². The first-order valence-corrected chi connectivity index (χ1v) is 8.09. The molecule has 102 valence electrons. The molecule has 0 amide bonds. The molecule has 1 aliphatic heterocycles. The highest BCUT2D eigenvalue weighted by Crippen LogP contribution is 2.20. The highest BCUT2D eigenvalue weighted by molar-refractivity contribution is 7.87. The van der Waals surface area contributed by atoms with Crippen LogP contribution in [0.25, 0.3) is 0 Å². The highest BCUT2D eigenvalue weighted by Gasteiger charge is 2.31. The van der Waals surface area contributed by atoms with Crippen LogP contribution in [0.1, 0.15) is 40.0 Å². The molecule has 0 aromatic rings. The minimum Gasteiger partial charge on any atom is -0.196 e. The second kappa shape index (κ2) is 5.87. The first-order valence-electron chi connectivity index (χ1n) is 6.12. The van der Waals surface area contributed by atoms with E-state index in [4.69, 9.17) is 11.6 Å². The molecular weight excluding hydrogens is 260 g/mol. The van der Waals surface area contributed by atoms with Crippen molar-refractivity contribution in [3.05, 3.63) is 0 Å². The van der Waals surface area contributed by atoms with Crippen LogP contribution in [0.4, 0.5) is 0 Å². The van der Waals surface area contributed by atoms with Gasteiger partial charge in [0.2, 0.25) is 0 Å². The largest absolute Gasteiger partial charge is 0.279 e. The molecule has 0 saturated carbocycles. The van der Waals surface area contributed by atoms with Gasteiger partial charge in [0.25, 0.3) is 10.2 Å². The SMILES string of the molecule is CC1CCN(S(=O)(=O)NC(C)(C)CCCl)CC1. The van der Waals surface area contributed by atoms with Gasteiger partial charge in [0.1, 0.15) is 0 Å². The van der Waals surface area contributed by atoms with Crippen molar-refractivity contribution < 1.29 is 8.42 Å². The van der Waals surface area contributed by atoms with Gasteiger partial charge < -0.3 is 0 Å². The summed E-state index contributed by atoms with van der Waals surface area (Å²) in [5.74, 6) is 1.07. The summed E-state index contributed by atoms with van der Waals surface area (Å²) in [6, 6.07) is 0. The average Bonchev–Trinajstić information content (AvgIpc) is 2.16. The Bertz CT molecular complexity index is 335. The fourth-order valence-electron chi connectivity index (χ4n) is 1.93. The number of halogens is 1. The lowest BCUT2D eigenvalue weighted by Crippen LogP contribution is -2.52. The second-order valence-electron chi connectivity index (χ2n) is 5.51. The Kier molecular flexibility index (Phi) is 5.25. The summed E-state index contributed by atoms with van der Waals surface area (Å²) in [7, 11) is -3.36. The second-order valence-corrected chi connectivity index (χ2v) is 7.56. The number of hydrogen-bond acceptors (Lipinski definition) is 2. The van der Waals surface area contributed by atoms with Gasteiger partial charge in [-0.2, -0.15) is 17.4 Å². The predicted molar refractivity (Wildman–Crippen MR) is 71.4 cm³/mol. The van der Waals surface area contributed by atoms with Crippen LogP contribution in [0.15, 0.2) is 0 Å². The van der Waals surface area contributed by atoms with Crippen molar-refractivity contribution in [3.8, 4) is 0 Å². The molecular formula is C11H23ClN2O2S. The van der Waals surface area contributed by atoms with Gasteiger partial charge >= 0.3 is 0 Å². The molecule has 1 heterocycles. The quantitative estimate of drug-likeness (QED) is 0.784. The molecule has 1 fully saturated rings. The van der Waals surface area contributed by atoms with Crippen LogP contribution in [-0.2, 0) is 10.2 Å². The summed E-state index contributed by atoms with van der Waals surface area (Å²) < 4.78 is 28.6.